The summed E-state index contributed by atoms with van der Waals surface area (Å²) in [6, 6.07) is 7.74. The number of thiophene rings is 1. The molecule has 3 aromatic heterocycles. The predicted molar refractivity (Wildman–Crippen MR) is 106 cm³/mol. The highest BCUT2D eigenvalue weighted by molar-refractivity contribution is 7.13. The van der Waals surface area contributed by atoms with E-state index in [0.717, 1.165) is 41.6 Å². The van der Waals surface area contributed by atoms with Crippen LogP contribution in [0.15, 0.2) is 51.5 Å². The molecule has 0 unspecified atom stereocenters. The van der Waals surface area contributed by atoms with Crippen molar-refractivity contribution in [3.05, 3.63) is 58.5 Å². The van der Waals surface area contributed by atoms with Gasteiger partial charge in [0.05, 0.1) is 11.4 Å². The number of rotatable bonds is 7. The lowest BCUT2D eigenvalue weighted by Gasteiger charge is -2.10. The summed E-state index contributed by atoms with van der Waals surface area (Å²) >= 11 is 7.40. The molecule has 0 spiro atoms. The Kier molecular flexibility index (Phi) is 6.62. The molecule has 0 aliphatic heterocycles. The zero-order chi connectivity index (χ0) is 18.2. The number of aliphatic imine (C=N–C) groups is 1. The van der Waals surface area contributed by atoms with Crippen molar-refractivity contribution in [2.24, 2.45) is 4.99 Å². The first kappa shape index (κ1) is 18.4. The summed E-state index contributed by atoms with van der Waals surface area (Å²) in [5, 5.41) is 9.05. The van der Waals surface area contributed by atoms with Crippen molar-refractivity contribution in [3.8, 4) is 10.8 Å². The van der Waals surface area contributed by atoms with Gasteiger partial charge < -0.3 is 15.1 Å². The zero-order valence-electron chi connectivity index (χ0n) is 14.4. The maximum absolute atomic E-state index is 5.80. The Bertz CT molecular complexity index is 830. The van der Waals surface area contributed by atoms with Gasteiger partial charge in [0.15, 0.2) is 5.96 Å². The Morgan fingerprint density at radius 3 is 2.96 bits per heavy atom. The molecule has 26 heavy (non-hydrogen) atoms. The maximum Gasteiger partial charge on any atom is 0.236 e. The highest BCUT2D eigenvalue weighted by atomic mass is 35.5. The number of halogens is 1. The number of nitrogens with one attached hydrogen (secondary N) is 2. The van der Waals surface area contributed by atoms with Crippen LogP contribution in [0.2, 0.25) is 5.15 Å². The highest BCUT2D eigenvalue weighted by Crippen LogP contribution is 2.23. The minimum Gasteiger partial charge on any atom is -0.443 e. The molecule has 0 fully saturated rings. The molecule has 0 aromatic carbocycles. The normalized spacial score (nSPS) is 11.5. The Morgan fingerprint density at radius 1 is 1.31 bits per heavy atom. The maximum atomic E-state index is 5.80. The summed E-state index contributed by atoms with van der Waals surface area (Å²) in [5.74, 6) is 1.38. The summed E-state index contributed by atoms with van der Waals surface area (Å²) in [5.41, 5.74) is 1.92. The number of hydrogen-bond acceptors (Lipinski definition) is 5. The Labute approximate surface area is 161 Å². The largest absolute Gasteiger partial charge is 0.443 e. The number of oxazole rings is 1. The van der Waals surface area contributed by atoms with Crippen LogP contribution in [-0.4, -0.2) is 29.0 Å². The van der Waals surface area contributed by atoms with E-state index in [2.05, 4.69) is 25.6 Å². The molecular formula is C18H20ClN5OS. The number of pyridine rings is 1. The summed E-state index contributed by atoms with van der Waals surface area (Å²) in [6.07, 6.45) is 4.28. The summed E-state index contributed by atoms with van der Waals surface area (Å²) < 4.78 is 5.52. The second-order valence-electron chi connectivity index (χ2n) is 5.48. The molecule has 2 N–H and O–H groups in total. The third-order valence-electron chi connectivity index (χ3n) is 3.52. The quantitative estimate of drug-likeness (QED) is 0.365. The van der Waals surface area contributed by atoms with Gasteiger partial charge in [0.2, 0.25) is 5.89 Å². The predicted octanol–water partition coefficient (Wildman–Crippen LogP) is 3.75. The summed E-state index contributed by atoms with van der Waals surface area (Å²) in [7, 11) is 0. The molecule has 6 nitrogen and oxygen atoms in total. The van der Waals surface area contributed by atoms with E-state index in [1.54, 1.807) is 29.9 Å². The van der Waals surface area contributed by atoms with Crippen LogP contribution < -0.4 is 10.6 Å². The lowest BCUT2D eigenvalue weighted by Crippen LogP contribution is -2.38. The van der Waals surface area contributed by atoms with Crippen LogP contribution in [-0.2, 0) is 13.0 Å². The zero-order valence-corrected chi connectivity index (χ0v) is 16.0. The van der Waals surface area contributed by atoms with E-state index in [4.69, 9.17) is 16.0 Å². The van der Waals surface area contributed by atoms with Gasteiger partial charge in [0.1, 0.15) is 17.1 Å². The van der Waals surface area contributed by atoms with Gasteiger partial charge in [-0.2, -0.15) is 0 Å². The molecule has 0 aliphatic rings. The number of guanidine groups is 1. The van der Waals surface area contributed by atoms with Crippen LogP contribution in [0.1, 0.15) is 18.2 Å². The fraction of sp³-hybridized carbons (Fsp3) is 0.278. The van der Waals surface area contributed by atoms with Gasteiger partial charge in [-0.15, -0.1) is 11.3 Å². The third kappa shape index (κ3) is 5.31. The van der Waals surface area contributed by atoms with Crippen LogP contribution in [0, 0.1) is 0 Å². The number of nitrogens with zero attached hydrogens (tertiary/aromatic N) is 3. The van der Waals surface area contributed by atoms with Gasteiger partial charge in [0, 0.05) is 19.3 Å². The second kappa shape index (κ2) is 9.35. The molecule has 136 valence electrons. The minimum atomic E-state index is 0.451. The molecule has 3 aromatic rings. The van der Waals surface area contributed by atoms with E-state index >= 15 is 0 Å². The molecule has 0 atom stereocenters. The van der Waals surface area contributed by atoms with E-state index in [-0.39, 0.29) is 0 Å². The fourth-order valence-corrected chi connectivity index (χ4v) is 3.04. The number of hydrogen-bond donors (Lipinski definition) is 2. The van der Waals surface area contributed by atoms with E-state index < -0.39 is 0 Å². The number of aromatic nitrogens is 2. The fourth-order valence-electron chi connectivity index (χ4n) is 2.27. The molecule has 3 heterocycles. The van der Waals surface area contributed by atoms with Gasteiger partial charge in [-0.1, -0.05) is 23.7 Å². The van der Waals surface area contributed by atoms with Gasteiger partial charge in [0.25, 0.3) is 0 Å². The monoisotopic (exact) mass is 389 g/mol. The summed E-state index contributed by atoms with van der Waals surface area (Å²) in [4.78, 5) is 14.1. The van der Waals surface area contributed by atoms with E-state index in [0.29, 0.717) is 17.6 Å². The highest BCUT2D eigenvalue weighted by Gasteiger charge is 2.07. The molecule has 0 radical (unpaired) electrons. The van der Waals surface area contributed by atoms with Gasteiger partial charge in [-0.3, -0.25) is 0 Å². The first-order valence-corrected chi connectivity index (χ1v) is 9.61. The lowest BCUT2D eigenvalue weighted by molar-refractivity contribution is 0.574. The minimum absolute atomic E-state index is 0.451. The Hall–Kier alpha value is -2.38. The van der Waals surface area contributed by atoms with Crippen LogP contribution >= 0.6 is 22.9 Å². The molecular weight excluding hydrogens is 370 g/mol. The molecule has 0 bridgehead atoms. The Morgan fingerprint density at radius 2 is 2.23 bits per heavy atom. The smallest absolute Gasteiger partial charge is 0.236 e. The van der Waals surface area contributed by atoms with Gasteiger partial charge in [-0.25, -0.2) is 15.0 Å². The van der Waals surface area contributed by atoms with E-state index in [1.165, 1.54) is 0 Å². The molecule has 0 aliphatic carbocycles. The van der Waals surface area contributed by atoms with Crippen LogP contribution in [0.5, 0.6) is 0 Å². The molecule has 3 rings (SSSR count). The van der Waals surface area contributed by atoms with Crippen LogP contribution in [0.25, 0.3) is 10.8 Å². The third-order valence-corrected chi connectivity index (χ3v) is 4.60. The van der Waals surface area contributed by atoms with Crippen molar-refractivity contribution in [2.75, 3.05) is 13.1 Å². The van der Waals surface area contributed by atoms with Crippen molar-refractivity contribution in [1.82, 2.24) is 20.6 Å². The van der Waals surface area contributed by atoms with Gasteiger partial charge in [-0.05, 0) is 36.4 Å². The van der Waals surface area contributed by atoms with Crippen LogP contribution in [0.3, 0.4) is 0 Å². The van der Waals surface area contributed by atoms with Crippen LogP contribution in [0.4, 0.5) is 0 Å². The molecule has 8 heteroatoms. The average molecular weight is 390 g/mol. The van der Waals surface area contributed by atoms with E-state index in [1.807, 2.05) is 30.5 Å². The van der Waals surface area contributed by atoms with Crippen molar-refractivity contribution in [3.63, 3.8) is 0 Å². The van der Waals surface area contributed by atoms with Crippen molar-refractivity contribution in [2.45, 2.75) is 19.9 Å². The van der Waals surface area contributed by atoms with E-state index in [9.17, 15) is 0 Å². The Balaban J connectivity index is 1.54. The van der Waals surface area contributed by atoms with Crippen molar-refractivity contribution < 1.29 is 4.42 Å². The van der Waals surface area contributed by atoms with Crippen molar-refractivity contribution >= 4 is 28.9 Å². The SMILES string of the molecule is CCNC(=NCc1coc(-c2cccs2)n1)NCCc1ccc(Cl)nc1. The molecule has 0 saturated heterocycles. The average Bonchev–Trinajstić information content (AvgIpc) is 3.33. The summed E-state index contributed by atoms with van der Waals surface area (Å²) in [6.45, 7) is 4.01. The topological polar surface area (TPSA) is 75.3 Å². The second-order valence-corrected chi connectivity index (χ2v) is 6.82. The standard InChI is InChI=1S/C18H20ClN5OS/c1-2-20-18(21-8-7-13-5-6-16(19)22-10-13)23-11-14-12-25-17(24-14)15-4-3-9-26-15/h3-6,9-10,12H,2,7-8,11H2,1H3,(H2,20,21,23). The first-order valence-electron chi connectivity index (χ1n) is 8.35. The van der Waals surface area contributed by atoms with Gasteiger partial charge >= 0.3 is 0 Å². The molecule has 0 saturated carbocycles. The lowest BCUT2D eigenvalue weighted by atomic mass is 10.2. The first-order chi connectivity index (χ1) is 12.7. The van der Waals surface area contributed by atoms with Crippen molar-refractivity contribution in [1.29, 1.82) is 0 Å². The molecule has 0 amide bonds.